The molecule has 0 atom stereocenters. The average molecular weight is 368 g/mol. The predicted molar refractivity (Wildman–Crippen MR) is 113 cm³/mol. The van der Waals surface area contributed by atoms with E-state index in [1.54, 1.807) is 0 Å². The lowest BCUT2D eigenvalue weighted by atomic mass is 9.91. The SMILES string of the molecule is Cc1ccc(Nc2ccc(Nc3ccc(C)cc3)c3c2C(=O)C=CC3=O)cc1. The Balaban J connectivity index is 1.76. The van der Waals surface area contributed by atoms with E-state index in [0.29, 0.717) is 22.5 Å². The highest BCUT2D eigenvalue weighted by atomic mass is 16.1. The fraction of sp³-hybridized carbons (Fsp3) is 0.0833. The number of hydrogen-bond acceptors (Lipinski definition) is 4. The fourth-order valence-electron chi connectivity index (χ4n) is 3.23. The molecule has 3 aromatic rings. The Bertz CT molecular complexity index is 1010. The van der Waals surface area contributed by atoms with Crippen molar-refractivity contribution in [2.24, 2.45) is 0 Å². The molecule has 4 nitrogen and oxygen atoms in total. The van der Waals surface area contributed by atoms with E-state index in [1.807, 2.05) is 74.5 Å². The van der Waals surface area contributed by atoms with Crippen molar-refractivity contribution < 1.29 is 9.59 Å². The highest BCUT2D eigenvalue weighted by Crippen LogP contribution is 2.34. The molecular weight excluding hydrogens is 348 g/mol. The summed E-state index contributed by atoms with van der Waals surface area (Å²) in [6.45, 7) is 4.04. The molecule has 1 aliphatic rings. The molecule has 0 amide bonds. The lowest BCUT2D eigenvalue weighted by Gasteiger charge is -2.20. The molecule has 28 heavy (non-hydrogen) atoms. The summed E-state index contributed by atoms with van der Waals surface area (Å²) in [6.07, 6.45) is 2.67. The minimum atomic E-state index is -0.184. The second kappa shape index (κ2) is 7.16. The Hall–Kier alpha value is -3.66. The van der Waals surface area contributed by atoms with Crippen molar-refractivity contribution in [3.63, 3.8) is 0 Å². The Labute approximate surface area is 163 Å². The molecule has 4 rings (SSSR count). The minimum Gasteiger partial charge on any atom is -0.355 e. The third kappa shape index (κ3) is 3.45. The van der Waals surface area contributed by atoms with Gasteiger partial charge in [-0.05, 0) is 62.4 Å². The molecule has 0 spiro atoms. The van der Waals surface area contributed by atoms with E-state index in [0.717, 1.165) is 22.5 Å². The predicted octanol–water partition coefficient (Wildman–Crippen LogP) is 5.73. The zero-order chi connectivity index (χ0) is 19.7. The zero-order valence-corrected chi connectivity index (χ0v) is 15.7. The van der Waals surface area contributed by atoms with Gasteiger partial charge < -0.3 is 10.6 Å². The molecule has 138 valence electrons. The maximum absolute atomic E-state index is 12.6. The summed E-state index contributed by atoms with van der Waals surface area (Å²) < 4.78 is 0. The first-order chi connectivity index (χ1) is 13.5. The second-order valence-corrected chi connectivity index (χ2v) is 6.95. The molecule has 0 saturated heterocycles. The third-order valence-electron chi connectivity index (χ3n) is 4.75. The quantitative estimate of drug-likeness (QED) is 0.618. The van der Waals surface area contributed by atoms with E-state index >= 15 is 0 Å². The first kappa shape index (κ1) is 17.7. The number of nitrogens with one attached hydrogen (secondary N) is 2. The monoisotopic (exact) mass is 368 g/mol. The van der Waals surface area contributed by atoms with E-state index in [1.165, 1.54) is 12.2 Å². The van der Waals surface area contributed by atoms with Crippen molar-refractivity contribution in [2.45, 2.75) is 13.8 Å². The average Bonchev–Trinajstić information content (AvgIpc) is 2.69. The number of rotatable bonds is 4. The summed E-state index contributed by atoms with van der Waals surface area (Å²) in [6, 6.07) is 19.4. The minimum absolute atomic E-state index is 0.184. The standard InChI is InChI=1S/C24H20N2O2/c1-15-3-7-17(8-4-15)25-19-11-12-20(26-18-9-5-16(2)6-10-18)24-22(28)14-13-21(27)23(19)24/h3-14,25-26H,1-2H3. The van der Waals surface area contributed by atoms with Crippen LogP contribution in [-0.2, 0) is 0 Å². The smallest absolute Gasteiger partial charge is 0.188 e. The molecule has 2 N–H and O–H groups in total. The molecule has 0 aromatic heterocycles. The van der Waals surface area contributed by atoms with Crippen LogP contribution in [0.2, 0.25) is 0 Å². The van der Waals surface area contributed by atoms with Crippen molar-refractivity contribution in [2.75, 3.05) is 10.6 Å². The number of fused-ring (bicyclic) bond motifs is 1. The van der Waals surface area contributed by atoms with Gasteiger partial charge in [0.25, 0.3) is 0 Å². The number of allylic oxidation sites excluding steroid dienone is 2. The topological polar surface area (TPSA) is 58.2 Å². The van der Waals surface area contributed by atoms with Gasteiger partial charge in [-0.2, -0.15) is 0 Å². The van der Waals surface area contributed by atoms with E-state index < -0.39 is 0 Å². The molecule has 1 aliphatic carbocycles. The normalized spacial score (nSPS) is 12.6. The second-order valence-electron chi connectivity index (χ2n) is 6.95. The van der Waals surface area contributed by atoms with Gasteiger partial charge >= 0.3 is 0 Å². The van der Waals surface area contributed by atoms with Gasteiger partial charge in [-0.3, -0.25) is 9.59 Å². The first-order valence-electron chi connectivity index (χ1n) is 9.12. The van der Waals surface area contributed by atoms with Crippen LogP contribution in [0.25, 0.3) is 0 Å². The third-order valence-corrected chi connectivity index (χ3v) is 4.75. The van der Waals surface area contributed by atoms with E-state index in [-0.39, 0.29) is 11.6 Å². The van der Waals surface area contributed by atoms with E-state index in [4.69, 9.17) is 0 Å². The molecule has 0 heterocycles. The Kier molecular flexibility index (Phi) is 4.53. The van der Waals surface area contributed by atoms with Crippen LogP contribution in [0.15, 0.2) is 72.8 Å². The van der Waals surface area contributed by atoms with E-state index in [9.17, 15) is 9.59 Å². The van der Waals surface area contributed by atoms with Crippen molar-refractivity contribution in [3.05, 3.63) is 95.1 Å². The molecule has 0 bridgehead atoms. The van der Waals surface area contributed by atoms with Crippen LogP contribution in [0.3, 0.4) is 0 Å². The van der Waals surface area contributed by atoms with Crippen LogP contribution in [-0.4, -0.2) is 11.6 Å². The number of ketones is 2. The molecule has 0 unspecified atom stereocenters. The van der Waals surface area contributed by atoms with Crippen molar-refractivity contribution >= 4 is 34.3 Å². The summed E-state index contributed by atoms with van der Waals surface area (Å²) in [5.74, 6) is -0.367. The molecule has 3 aromatic carbocycles. The number of carbonyl (C=O) groups is 2. The van der Waals surface area contributed by atoms with Crippen molar-refractivity contribution in [1.29, 1.82) is 0 Å². The fourth-order valence-corrected chi connectivity index (χ4v) is 3.23. The summed E-state index contributed by atoms with van der Waals surface area (Å²) in [4.78, 5) is 25.3. The summed E-state index contributed by atoms with van der Waals surface area (Å²) in [5, 5.41) is 6.55. The van der Waals surface area contributed by atoms with Gasteiger partial charge in [0, 0.05) is 11.4 Å². The Morgan fingerprint density at radius 1 is 0.536 bits per heavy atom. The maximum atomic E-state index is 12.6. The largest absolute Gasteiger partial charge is 0.355 e. The Morgan fingerprint density at radius 2 is 0.893 bits per heavy atom. The lowest BCUT2D eigenvalue weighted by Crippen LogP contribution is -2.16. The summed E-state index contributed by atoms with van der Waals surface area (Å²) >= 11 is 0. The molecule has 0 radical (unpaired) electrons. The number of benzene rings is 3. The van der Waals surface area contributed by atoms with Gasteiger partial charge in [0.1, 0.15) is 0 Å². The van der Waals surface area contributed by atoms with Crippen molar-refractivity contribution in [3.8, 4) is 0 Å². The van der Waals surface area contributed by atoms with Gasteiger partial charge in [-0.25, -0.2) is 0 Å². The maximum Gasteiger partial charge on any atom is 0.188 e. The van der Waals surface area contributed by atoms with Gasteiger partial charge in [-0.1, -0.05) is 35.4 Å². The highest BCUT2D eigenvalue weighted by Gasteiger charge is 2.26. The van der Waals surface area contributed by atoms with Crippen LogP contribution in [0.1, 0.15) is 31.8 Å². The Morgan fingerprint density at radius 3 is 1.25 bits per heavy atom. The molecule has 4 heteroatoms. The number of carbonyl (C=O) groups excluding carboxylic acids is 2. The van der Waals surface area contributed by atoms with Crippen molar-refractivity contribution in [1.82, 2.24) is 0 Å². The number of aryl methyl sites for hydroxylation is 2. The van der Waals surface area contributed by atoms with Gasteiger partial charge in [0.15, 0.2) is 11.6 Å². The van der Waals surface area contributed by atoms with Gasteiger partial charge in [0.2, 0.25) is 0 Å². The van der Waals surface area contributed by atoms with Gasteiger partial charge in [-0.15, -0.1) is 0 Å². The van der Waals surface area contributed by atoms with E-state index in [2.05, 4.69) is 10.6 Å². The molecular formula is C24H20N2O2. The van der Waals surface area contributed by atoms with Crippen LogP contribution >= 0.6 is 0 Å². The zero-order valence-electron chi connectivity index (χ0n) is 15.7. The molecule has 0 saturated carbocycles. The van der Waals surface area contributed by atoms with Crippen LogP contribution in [0.4, 0.5) is 22.7 Å². The van der Waals surface area contributed by atoms with Crippen LogP contribution in [0.5, 0.6) is 0 Å². The summed E-state index contributed by atoms with van der Waals surface area (Å²) in [5.41, 5.74) is 6.06. The van der Waals surface area contributed by atoms with Gasteiger partial charge in [0.05, 0.1) is 22.5 Å². The summed E-state index contributed by atoms with van der Waals surface area (Å²) in [7, 11) is 0. The van der Waals surface area contributed by atoms with Crippen LogP contribution < -0.4 is 10.6 Å². The number of anilines is 4. The number of hydrogen-bond donors (Lipinski definition) is 2. The molecule has 0 fully saturated rings. The van der Waals surface area contributed by atoms with Crippen LogP contribution in [0, 0.1) is 13.8 Å². The highest BCUT2D eigenvalue weighted by molar-refractivity contribution is 6.26. The lowest BCUT2D eigenvalue weighted by molar-refractivity contribution is 0.0995. The first-order valence-corrected chi connectivity index (χ1v) is 9.12. The molecule has 0 aliphatic heterocycles.